The molecule has 2 aromatic heterocycles. The Balaban J connectivity index is 1.44. The van der Waals surface area contributed by atoms with E-state index < -0.39 is 21.7 Å². The van der Waals surface area contributed by atoms with E-state index in [2.05, 4.69) is 25.7 Å². The average molecular weight is 594 g/mol. The minimum absolute atomic E-state index is 0.174. The molecule has 4 aromatic rings. The number of fused-ring (bicyclic) bond motifs is 1. The second-order valence-corrected chi connectivity index (χ2v) is 13.0. The second-order valence-electron chi connectivity index (χ2n) is 10.5. The van der Waals surface area contributed by atoms with Crippen molar-refractivity contribution in [2.45, 2.75) is 49.7 Å². The van der Waals surface area contributed by atoms with Crippen molar-refractivity contribution in [2.24, 2.45) is 0 Å². The molecule has 1 fully saturated rings. The van der Waals surface area contributed by atoms with Crippen molar-refractivity contribution in [3.05, 3.63) is 59.8 Å². The summed E-state index contributed by atoms with van der Waals surface area (Å²) in [7, 11) is -1.96. The van der Waals surface area contributed by atoms with Crippen molar-refractivity contribution in [2.75, 3.05) is 37.4 Å². The predicted octanol–water partition coefficient (Wildman–Crippen LogP) is 3.81. The van der Waals surface area contributed by atoms with E-state index in [0.717, 1.165) is 24.0 Å². The normalized spacial score (nSPS) is 14.4. The molecule has 0 radical (unpaired) electrons. The zero-order valence-corrected chi connectivity index (χ0v) is 24.9. The van der Waals surface area contributed by atoms with Crippen LogP contribution in [-0.2, 0) is 14.6 Å². The van der Waals surface area contributed by atoms with E-state index in [-0.39, 0.29) is 28.6 Å². The number of carbonyl (C=O) groups excluding carboxylic acids is 1. The first kappa shape index (κ1) is 29.3. The Labute approximate surface area is 244 Å². The highest BCUT2D eigenvalue weighted by molar-refractivity contribution is 7.92. The minimum atomic E-state index is -3.56. The van der Waals surface area contributed by atoms with Crippen molar-refractivity contribution in [1.29, 1.82) is 0 Å². The number of piperidine rings is 1. The fourth-order valence-electron chi connectivity index (χ4n) is 5.23. The van der Waals surface area contributed by atoms with Gasteiger partial charge in [-0.15, -0.1) is 0 Å². The first-order valence-corrected chi connectivity index (χ1v) is 15.3. The third-order valence-electron chi connectivity index (χ3n) is 7.57. The number of hydrogen-bond donors (Lipinski definition) is 3. The van der Waals surface area contributed by atoms with E-state index in [1.165, 1.54) is 4.52 Å². The molecule has 222 valence electrons. The van der Waals surface area contributed by atoms with Gasteiger partial charge in [0.2, 0.25) is 17.8 Å². The number of carbonyl (C=O) groups is 1. The smallest absolute Gasteiger partial charge is 0.248 e. The van der Waals surface area contributed by atoms with E-state index in [9.17, 15) is 18.3 Å². The number of para-hydroxylation sites is 1. The van der Waals surface area contributed by atoms with Crippen LogP contribution in [0.25, 0.3) is 5.65 Å². The van der Waals surface area contributed by atoms with Gasteiger partial charge in [-0.3, -0.25) is 4.79 Å². The number of ether oxygens (including phenoxy) is 1. The van der Waals surface area contributed by atoms with Gasteiger partial charge in [0.15, 0.2) is 15.5 Å². The zero-order valence-electron chi connectivity index (χ0n) is 24.0. The summed E-state index contributed by atoms with van der Waals surface area (Å²) in [5.74, 6) is 1.19. The molecule has 1 saturated heterocycles. The fourth-order valence-corrected chi connectivity index (χ4v) is 6.43. The van der Waals surface area contributed by atoms with Crippen LogP contribution in [0.15, 0.2) is 53.6 Å². The van der Waals surface area contributed by atoms with Gasteiger partial charge >= 0.3 is 0 Å². The first-order chi connectivity index (χ1) is 20.1. The van der Waals surface area contributed by atoms with Crippen LogP contribution in [0.5, 0.6) is 5.75 Å². The van der Waals surface area contributed by atoms with Gasteiger partial charge in [0, 0.05) is 19.2 Å². The highest BCUT2D eigenvalue weighted by Crippen LogP contribution is 2.37. The number of aliphatic hydroxyl groups excluding tert-OH is 1. The van der Waals surface area contributed by atoms with Crippen molar-refractivity contribution >= 4 is 44.7 Å². The van der Waals surface area contributed by atoms with E-state index in [1.807, 2.05) is 19.1 Å². The fraction of sp³-hybridized carbons (Fsp3) is 0.379. The molecule has 12 nitrogen and oxygen atoms in total. The summed E-state index contributed by atoms with van der Waals surface area (Å²) in [6.45, 7) is 6.06. The SMILES string of the molecule is COc1cc(C2CCN(C(=O)CO)CC2)c(C)cc1Nc1nc(Nc2ccccc2S(=O)(=O)C(C)C)n2nccc2n1. The largest absolute Gasteiger partial charge is 0.495 e. The number of anilines is 4. The van der Waals surface area contributed by atoms with Crippen LogP contribution >= 0.6 is 0 Å². The number of nitrogens with zero attached hydrogens (tertiary/aromatic N) is 5. The lowest BCUT2D eigenvalue weighted by molar-refractivity contribution is -0.135. The molecule has 0 aliphatic carbocycles. The van der Waals surface area contributed by atoms with Crippen molar-refractivity contribution in [3.8, 4) is 5.75 Å². The van der Waals surface area contributed by atoms with Crippen LogP contribution in [0.3, 0.4) is 0 Å². The van der Waals surface area contributed by atoms with Crippen molar-refractivity contribution in [1.82, 2.24) is 24.5 Å². The number of hydrogen-bond acceptors (Lipinski definition) is 10. The number of aliphatic hydroxyl groups is 1. The third-order valence-corrected chi connectivity index (χ3v) is 9.78. The molecule has 1 aliphatic heterocycles. The average Bonchev–Trinajstić information content (AvgIpc) is 3.46. The molecule has 0 saturated carbocycles. The lowest BCUT2D eigenvalue weighted by Gasteiger charge is -2.32. The number of rotatable bonds is 9. The molecule has 3 N–H and O–H groups in total. The number of aryl methyl sites for hydroxylation is 1. The molecular formula is C29H35N7O5S. The quantitative estimate of drug-likeness (QED) is 0.261. The van der Waals surface area contributed by atoms with Crippen LogP contribution in [0, 0.1) is 6.92 Å². The van der Waals surface area contributed by atoms with Crippen LogP contribution in [0.2, 0.25) is 0 Å². The molecule has 0 bridgehead atoms. The van der Waals surface area contributed by atoms with Gasteiger partial charge < -0.3 is 25.4 Å². The highest BCUT2D eigenvalue weighted by Gasteiger charge is 2.26. The van der Waals surface area contributed by atoms with E-state index >= 15 is 0 Å². The number of benzene rings is 2. The summed E-state index contributed by atoms with van der Waals surface area (Å²) in [5.41, 5.74) is 3.77. The summed E-state index contributed by atoms with van der Waals surface area (Å²) in [4.78, 5) is 23.0. The van der Waals surface area contributed by atoms with Gasteiger partial charge in [0.05, 0.1) is 34.8 Å². The minimum Gasteiger partial charge on any atom is -0.495 e. The standard InChI is InChI=1S/C29H35N7O5S/c1-18(2)42(39,40)25-8-6-5-7-22(25)32-29-34-28(33-26-9-12-30-36(26)29)31-23-15-19(3)21(16-24(23)41-4)20-10-13-35(14-11-20)27(38)17-37/h5-9,12,15-16,18,20,37H,10-11,13-14,17H2,1-4H3,(H2,31,32,33,34). The zero-order chi connectivity index (χ0) is 30.0. The summed E-state index contributed by atoms with van der Waals surface area (Å²) in [6.07, 6.45) is 3.19. The van der Waals surface area contributed by atoms with Crippen LogP contribution in [0.1, 0.15) is 43.7 Å². The summed E-state index contributed by atoms with van der Waals surface area (Å²) < 4.78 is 33.3. The van der Waals surface area contributed by atoms with E-state index in [1.54, 1.807) is 62.4 Å². The summed E-state index contributed by atoms with van der Waals surface area (Å²) in [5, 5.41) is 19.3. The number of likely N-dealkylation sites (tertiary alicyclic amines) is 1. The summed E-state index contributed by atoms with van der Waals surface area (Å²) in [6, 6.07) is 12.4. The van der Waals surface area contributed by atoms with Crippen LogP contribution in [-0.4, -0.2) is 76.0 Å². The maximum absolute atomic E-state index is 13.0. The van der Waals surface area contributed by atoms with Crippen molar-refractivity contribution < 1.29 is 23.1 Å². The molecule has 42 heavy (non-hydrogen) atoms. The Bertz CT molecular complexity index is 1710. The van der Waals surface area contributed by atoms with E-state index in [0.29, 0.717) is 35.9 Å². The topological polar surface area (TPSA) is 151 Å². The maximum Gasteiger partial charge on any atom is 0.248 e. The Morgan fingerprint density at radius 2 is 1.83 bits per heavy atom. The Kier molecular flexibility index (Phi) is 8.32. The number of nitrogens with one attached hydrogen (secondary N) is 2. The first-order valence-electron chi connectivity index (χ1n) is 13.8. The Hall–Kier alpha value is -4.23. The maximum atomic E-state index is 13.0. The highest BCUT2D eigenvalue weighted by atomic mass is 32.2. The monoisotopic (exact) mass is 593 g/mol. The lowest BCUT2D eigenvalue weighted by atomic mass is 9.86. The molecule has 3 heterocycles. The molecule has 1 amide bonds. The number of amides is 1. The van der Waals surface area contributed by atoms with Crippen LogP contribution in [0.4, 0.5) is 23.3 Å². The number of sulfone groups is 1. The third kappa shape index (κ3) is 5.74. The molecule has 0 unspecified atom stereocenters. The molecule has 0 spiro atoms. The number of methoxy groups -OCH3 is 1. The van der Waals surface area contributed by atoms with Gasteiger partial charge in [0.1, 0.15) is 12.4 Å². The second kappa shape index (κ2) is 11.9. The number of aromatic nitrogens is 4. The van der Waals surface area contributed by atoms with Gasteiger partial charge in [-0.1, -0.05) is 12.1 Å². The molecule has 5 rings (SSSR count). The van der Waals surface area contributed by atoms with Gasteiger partial charge in [-0.2, -0.15) is 19.6 Å². The van der Waals surface area contributed by atoms with Crippen LogP contribution < -0.4 is 15.4 Å². The predicted molar refractivity (Wildman–Crippen MR) is 159 cm³/mol. The molecule has 13 heteroatoms. The van der Waals surface area contributed by atoms with E-state index in [4.69, 9.17) is 4.74 Å². The molecule has 0 atom stereocenters. The van der Waals surface area contributed by atoms with Gasteiger partial charge in [-0.25, -0.2) is 8.42 Å². The molecular weight excluding hydrogens is 558 g/mol. The molecule has 2 aromatic carbocycles. The Morgan fingerprint density at radius 3 is 2.52 bits per heavy atom. The van der Waals surface area contributed by atoms with Gasteiger partial charge in [0.25, 0.3) is 0 Å². The summed E-state index contributed by atoms with van der Waals surface area (Å²) >= 11 is 0. The molecule has 1 aliphatic rings. The van der Waals surface area contributed by atoms with Crippen molar-refractivity contribution in [3.63, 3.8) is 0 Å². The Morgan fingerprint density at radius 1 is 1.10 bits per heavy atom. The lowest BCUT2D eigenvalue weighted by Crippen LogP contribution is -2.39. The van der Waals surface area contributed by atoms with Gasteiger partial charge in [-0.05, 0) is 74.9 Å².